The van der Waals surface area contributed by atoms with Crippen LogP contribution in [0.5, 0.6) is 0 Å². The Morgan fingerprint density at radius 3 is 2.58 bits per heavy atom. The van der Waals surface area contributed by atoms with Gasteiger partial charge >= 0.3 is 0 Å². The molecule has 0 heterocycles. The van der Waals surface area contributed by atoms with Gasteiger partial charge in [-0.3, -0.25) is 0 Å². The van der Waals surface area contributed by atoms with Gasteiger partial charge in [-0.2, -0.15) is 0 Å². The first kappa shape index (κ1) is 14.1. The quantitative estimate of drug-likeness (QED) is 0.896. The minimum absolute atomic E-state index is 0.00637. The molecule has 2 rings (SSSR count). The Labute approximate surface area is 116 Å². The summed E-state index contributed by atoms with van der Waals surface area (Å²) in [5.41, 5.74) is 0.0462. The van der Waals surface area contributed by atoms with E-state index in [2.05, 4.69) is 15.9 Å². The van der Waals surface area contributed by atoms with E-state index in [1.54, 1.807) is 6.07 Å². The van der Waals surface area contributed by atoms with E-state index >= 15 is 0 Å². The Hall–Kier alpha value is -1.33. The van der Waals surface area contributed by atoms with Crippen LogP contribution in [0, 0.1) is 17.5 Å². The fourth-order valence-corrected chi connectivity index (χ4v) is 2.18. The predicted octanol–water partition coefficient (Wildman–Crippen LogP) is 4.14. The lowest BCUT2D eigenvalue weighted by atomic mass is 10.0. The molecular weight excluding hydrogens is 321 g/mol. The maximum absolute atomic E-state index is 13.8. The van der Waals surface area contributed by atoms with E-state index in [0.29, 0.717) is 0 Å². The molecule has 1 nitrogen and oxygen atoms in total. The number of halogens is 4. The van der Waals surface area contributed by atoms with Crippen LogP contribution in [0.1, 0.15) is 17.2 Å². The molecule has 0 bridgehead atoms. The van der Waals surface area contributed by atoms with E-state index in [0.717, 1.165) is 18.2 Å². The molecule has 1 N–H and O–H groups in total. The number of hydrogen-bond acceptors (Lipinski definition) is 1. The Balaban J connectivity index is 2.28. The van der Waals surface area contributed by atoms with Crippen molar-refractivity contribution in [2.24, 2.45) is 0 Å². The van der Waals surface area contributed by atoms with Gasteiger partial charge in [0, 0.05) is 12.0 Å². The van der Waals surface area contributed by atoms with Gasteiger partial charge in [0.25, 0.3) is 0 Å². The standard InChI is InChI=1S/C14H10BrF3O/c15-11-3-1-2-10(14(11)18)13(19)7-8-6-9(16)4-5-12(8)17/h1-6,13,19H,7H2. The SMILES string of the molecule is OC(Cc1cc(F)ccc1F)c1cccc(Br)c1F. The molecule has 0 aromatic heterocycles. The summed E-state index contributed by atoms with van der Waals surface area (Å²) in [7, 11) is 0. The highest BCUT2D eigenvalue weighted by atomic mass is 79.9. The highest BCUT2D eigenvalue weighted by molar-refractivity contribution is 9.10. The molecule has 0 fully saturated rings. The van der Waals surface area contributed by atoms with E-state index < -0.39 is 23.6 Å². The fourth-order valence-electron chi connectivity index (χ4n) is 1.80. The number of hydrogen-bond donors (Lipinski definition) is 1. The van der Waals surface area contributed by atoms with Crippen LogP contribution in [0.15, 0.2) is 40.9 Å². The second-order valence-electron chi connectivity index (χ2n) is 4.10. The van der Waals surface area contributed by atoms with Gasteiger partial charge in [0.05, 0.1) is 10.6 Å². The molecule has 100 valence electrons. The van der Waals surface area contributed by atoms with Crippen molar-refractivity contribution in [2.45, 2.75) is 12.5 Å². The molecule has 0 saturated carbocycles. The van der Waals surface area contributed by atoms with Gasteiger partial charge in [0.1, 0.15) is 17.5 Å². The zero-order valence-corrected chi connectivity index (χ0v) is 11.3. The van der Waals surface area contributed by atoms with Crippen LogP contribution < -0.4 is 0 Å². The molecule has 1 unspecified atom stereocenters. The number of benzene rings is 2. The Morgan fingerprint density at radius 2 is 1.84 bits per heavy atom. The summed E-state index contributed by atoms with van der Waals surface area (Å²) < 4.78 is 40.4. The zero-order chi connectivity index (χ0) is 14.0. The lowest BCUT2D eigenvalue weighted by Crippen LogP contribution is -2.06. The number of aliphatic hydroxyl groups excluding tert-OH is 1. The fraction of sp³-hybridized carbons (Fsp3) is 0.143. The van der Waals surface area contributed by atoms with Gasteiger partial charge in [0.15, 0.2) is 0 Å². The molecule has 0 radical (unpaired) electrons. The van der Waals surface area contributed by atoms with Crippen molar-refractivity contribution in [3.8, 4) is 0 Å². The molecule has 0 saturated heterocycles. The molecule has 0 aliphatic carbocycles. The minimum atomic E-state index is -1.24. The lowest BCUT2D eigenvalue weighted by molar-refractivity contribution is 0.172. The maximum atomic E-state index is 13.8. The summed E-state index contributed by atoms with van der Waals surface area (Å²) >= 11 is 3.01. The largest absolute Gasteiger partial charge is 0.388 e. The second kappa shape index (κ2) is 5.75. The molecule has 0 aliphatic rings. The van der Waals surface area contributed by atoms with Gasteiger partial charge in [-0.25, -0.2) is 13.2 Å². The van der Waals surface area contributed by atoms with Crippen LogP contribution >= 0.6 is 15.9 Å². The van der Waals surface area contributed by atoms with Crippen LogP contribution in [0.25, 0.3) is 0 Å². The van der Waals surface area contributed by atoms with E-state index in [1.807, 2.05) is 0 Å². The molecule has 2 aromatic rings. The third-order valence-corrected chi connectivity index (χ3v) is 3.37. The normalized spacial score (nSPS) is 12.5. The lowest BCUT2D eigenvalue weighted by Gasteiger charge is -2.13. The molecule has 19 heavy (non-hydrogen) atoms. The van der Waals surface area contributed by atoms with Gasteiger partial charge in [0.2, 0.25) is 0 Å². The zero-order valence-electron chi connectivity index (χ0n) is 9.71. The number of rotatable bonds is 3. The molecule has 0 spiro atoms. The van der Waals surface area contributed by atoms with E-state index in [1.165, 1.54) is 12.1 Å². The smallest absolute Gasteiger partial charge is 0.143 e. The van der Waals surface area contributed by atoms with Crippen molar-refractivity contribution in [2.75, 3.05) is 0 Å². The highest BCUT2D eigenvalue weighted by Gasteiger charge is 2.17. The highest BCUT2D eigenvalue weighted by Crippen LogP contribution is 2.26. The first-order valence-corrected chi connectivity index (χ1v) is 6.34. The molecule has 5 heteroatoms. The monoisotopic (exact) mass is 330 g/mol. The maximum Gasteiger partial charge on any atom is 0.143 e. The minimum Gasteiger partial charge on any atom is -0.388 e. The summed E-state index contributed by atoms with van der Waals surface area (Å²) in [6, 6.07) is 7.43. The van der Waals surface area contributed by atoms with E-state index in [4.69, 9.17) is 0 Å². The third kappa shape index (κ3) is 3.16. The van der Waals surface area contributed by atoms with Crippen molar-refractivity contribution in [3.05, 3.63) is 69.4 Å². The second-order valence-corrected chi connectivity index (χ2v) is 4.95. The van der Waals surface area contributed by atoms with Crippen molar-refractivity contribution in [1.29, 1.82) is 0 Å². The predicted molar refractivity (Wildman–Crippen MR) is 69.1 cm³/mol. The van der Waals surface area contributed by atoms with Crippen LogP contribution in [0.4, 0.5) is 13.2 Å². The van der Waals surface area contributed by atoms with Gasteiger partial charge < -0.3 is 5.11 Å². The van der Waals surface area contributed by atoms with Crippen LogP contribution in [-0.4, -0.2) is 5.11 Å². The molecular formula is C14H10BrF3O. The van der Waals surface area contributed by atoms with Crippen molar-refractivity contribution >= 4 is 15.9 Å². The summed E-state index contributed by atoms with van der Waals surface area (Å²) in [6.45, 7) is 0. The summed E-state index contributed by atoms with van der Waals surface area (Å²) in [6.07, 6.45) is -1.44. The first-order chi connectivity index (χ1) is 8.99. The van der Waals surface area contributed by atoms with Gasteiger partial charge in [-0.05, 0) is 45.8 Å². The summed E-state index contributed by atoms with van der Waals surface area (Å²) in [4.78, 5) is 0. The molecule has 2 aromatic carbocycles. The third-order valence-electron chi connectivity index (χ3n) is 2.76. The van der Waals surface area contributed by atoms with Crippen molar-refractivity contribution < 1.29 is 18.3 Å². The summed E-state index contributed by atoms with van der Waals surface area (Å²) in [5, 5.41) is 9.94. The number of aliphatic hydroxyl groups is 1. The Bertz CT molecular complexity index is 601. The first-order valence-electron chi connectivity index (χ1n) is 5.55. The van der Waals surface area contributed by atoms with Crippen LogP contribution in [-0.2, 0) is 6.42 Å². The van der Waals surface area contributed by atoms with Gasteiger partial charge in [-0.15, -0.1) is 0 Å². The molecule has 0 amide bonds. The van der Waals surface area contributed by atoms with E-state index in [-0.39, 0.29) is 22.0 Å². The summed E-state index contributed by atoms with van der Waals surface area (Å²) in [5.74, 6) is -1.83. The van der Waals surface area contributed by atoms with Crippen LogP contribution in [0.2, 0.25) is 0 Å². The topological polar surface area (TPSA) is 20.2 Å². The van der Waals surface area contributed by atoms with E-state index in [9.17, 15) is 18.3 Å². The van der Waals surface area contributed by atoms with Crippen LogP contribution in [0.3, 0.4) is 0 Å². The van der Waals surface area contributed by atoms with Gasteiger partial charge in [-0.1, -0.05) is 12.1 Å². The Kier molecular flexibility index (Phi) is 4.27. The average molecular weight is 331 g/mol. The molecule has 1 atom stereocenters. The van der Waals surface area contributed by atoms with Crippen molar-refractivity contribution in [1.82, 2.24) is 0 Å². The van der Waals surface area contributed by atoms with Crippen molar-refractivity contribution in [3.63, 3.8) is 0 Å². The average Bonchev–Trinajstić information content (AvgIpc) is 2.37. The Morgan fingerprint density at radius 1 is 1.11 bits per heavy atom. The molecule has 0 aliphatic heterocycles.